The van der Waals surface area contributed by atoms with Crippen LogP contribution in [0.4, 0.5) is 5.69 Å². The SMILES string of the molecule is c1cc2c3c(c1)C1CCCC1N3CCNCC2. The Morgan fingerprint density at radius 2 is 2.18 bits per heavy atom. The zero-order chi connectivity index (χ0) is 11.2. The van der Waals surface area contributed by atoms with E-state index >= 15 is 0 Å². The predicted octanol–water partition coefficient (Wildman–Crippen LogP) is 2.29. The molecule has 0 saturated heterocycles. The molecule has 4 rings (SSSR count). The van der Waals surface area contributed by atoms with Crippen molar-refractivity contribution in [2.75, 3.05) is 24.5 Å². The number of nitrogens with one attached hydrogen (secondary N) is 1. The lowest BCUT2D eigenvalue weighted by atomic mass is 9.95. The van der Waals surface area contributed by atoms with E-state index in [9.17, 15) is 0 Å². The molecule has 0 bridgehead atoms. The minimum atomic E-state index is 0.811. The molecule has 1 saturated carbocycles. The Labute approximate surface area is 103 Å². The molecule has 0 radical (unpaired) electrons. The van der Waals surface area contributed by atoms with E-state index in [0.29, 0.717) is 0 Å². The van der Waals surface area contributed by atoms with Gasteiger partial charge in [-0.05, 0) is 36.9 Å². The predicted molar refractivity (Wildman–Crippen MR) is 70.7 cm³/mol. The summed E-state index contributed by atoms with van der Waals surface area (Å²) in [6.07, 6.45) is 5.42. The van der Waals surface area contributed by atoms with E-state index in [1.165, 1.54) is 32.2 Å². The largest absolute Gasteiger partial charge is 0.366 e. The lowest BCUT2D eigenvalue weighted by Gasteiger charge is -2.30. The number of para-hydroxylation sites is 1. The topological polar surface area (TPSA) is 15.3 Å². The van der Waals surface area contributed by atoms with E-state index in [1.807, 2.05) is 0 Å². The molecule has 2 atom stereocenters. The van der Waals surface area contributed by atoms with E-state index in [-0.39, 0.29) is 0 Å². The summed E-state index contributed by atoms with van der Waals surface area (Å²) in [5.74, 6) is 0.836. The summed E-state index contributed by atoms with van der Waals surface area (Å²) in [6, 6.07) is 7.80. The molecule has 1 aliphatic carbocycles. The van der Waals surface area contributed by atoms with Crippen molar-refractivity contribution in [2.24, 2.45) is 0 Å². The summed E-state index contributed by atoms with van der Waals surface area (Å²) in [7, 11) is 0. The molecule has 2 aliphatic heterocycles. The molecule has 0 spiro atoms. The summed E-state index contributed by atoms with van der Waals surface area (Å²) in [6.45, 7) is 3.49. The Hall–Kier alpha value is -1.02. The maximum atomic E-state index is 3.55. The van der Waals surface area contributed by atoms with E-state index in [1.54, 1.807) is 16.8 Å². The standard InChI is InChI=1S/C15H20N2/c1-3-11-7-8-16-9-10-17-14-6-2-4-12(14)13(5-1)15(11)17/h1,3,5,12,14,16H,2,4,6-10H2. The van der Waals surface area contributed by atoms with Gasteiger partial charge in [-0.15, -0.1) is 0 Å². The molecule has 2 nitrogen and oxygen atoms in total. The molecule has 17 heavy (non-hydrogen) atoms. The summed E-state index contributed by atoms with van der Waals surface area (Å²) in [5.41, 5.74) is 4.85. The zero-order valence-electron chi connectivity index (χ0n) is 10.3. The van der Waals surface area contributed by atoms with Crippen LogP contribution in [0.3, 0.4) is 0 Å². The molecular formula is C15H20N2. The lowest BCUT2D eigenvalue weighted by Crippen LogP contribution is -2.39. The van der Waals surface area contributed by atoms with Crippen LogP contribution >= 0.6 is 0 Å². The molecule has 1 N–H and O–H groups in total. The number of rotatable bonds is 0. The van der Waals surface area contributed by atoms with Crippen LogP contribution in [0.1, 0.15) is 36.3 Å². The van der Waals surface area contributed by atoms with Crippen LogP contribution in [0.2, 0.25) is 0 Å². The van der Waals surface area contributed by atoms with Crippen LogP contribution in [0.5, 0.6) is 0 Å². The van der Waals surface area contributed by atoms with Crippen molar-refractivity contribution in [3.8, 4) is 0 Å². The minimum Gasteiger partial charge on any atom is -0.366 e. The van der Waals surface area contributed by atoms with Crippen LogP contribution in [0.15, 0.2) is 18.2 Å². The van der Waals surface area contributed by atoms with Gasteiger partial charge in [-0.3, -0.25) is 0 Å². The third-order valence-electron chi connectivity index (χ3n) is 4.82. The highest BCUT2D eigenvalue weighted by atomic mass is 15.2. The van der Waals surface area contributed by atoms with Gasteiger partial charge in [0, 0.05) is 30.7 Å². The van der Waals surface area contributed by atoms with Crippen LogP contribution in [-0.2, 0) is 6.42 Å². The monoisotopic (exact) mass is 228 g/mol. The Kier molecular flexibility index (Phi) is 2.19. The van der Waals surface area contributed by atoms with E-state index in [2.05, 4.69) is 28.4 Å². The smallest absolute Gasteiger partial charge is 0.0438 e. The van der Waals surface area contributed by atoms with Gasteiger partial charge >= 0.3 is 0 Å². The number of nitrogens with zero attached hydrogens (tertiary/aromatic N) is 1. The van der Waals surface area contributed by atoms with E-state index < -0.39 is 0 Å². The molecule has 3 aliphatic rings. The first-order valence-electron chi connectivity index (χ1n) is 7.04. The van der Waals surface area contributed by atoms with Gasteiger partial charge in [-0.1, -0.05) is 24.6 Å². The molecule has 90 valence electrons. The Morgan fingerprint density at radius 3 is 3.18 bits per heavy atom. The Morgan fingerprint density at radius 1 is 1.18 bits per heavy atom. The first-order valence-corrected chi connectivity index (χ1v) is 7.04. The van der Waals surface area contributed by atoms with Gasteiger partial charge in [-0.25, -0.2) is 0 Å². The number of anilines is 1. The fraction of sp³-hybridized carbons (Fsp3) is 0.600. The summed E-state index contributed by atoms with van der Waals surface area (Å²) < 4.78 is 0. The number of hydrogen-bond acceptors (Lipinski definition) is 2. The van der Waals surface area contributed by atoms with Gasteiger partial charge in [0.05, 0.1) is 0 Å². The van der Waals surface area contributed by atoms with Crippen molar-refractivity contribution in [2.45, 2.75) is 37.6 Å². The average Bonchev–Trinajstić information content (AvgIpc) is 2.87. The highest BCUT2D eigenvalue weighted by molar-refractivity contribution is 5.67. The van der Waals surface area contributed by atoms with Crippen molar-refractivity contribution in [1.29, 1.82) is 0 Å². The van der Waals surface area contributed by atoms with Gasteiger partial charge in [0.25, 0.3) is 0 Å². The zero-order valence-corrected chi connectivity index (χ0v) is 10.3. The second-order valence-corrected chi connectivity index (χ2v) is 5.65. The summed E-state index contributed by atoms with van der Waals surface area (Å²) in [4.78, 5) is 2.72. The molecule has 2 heterocycles. The highest BCUT2D eigenvalue weighted by Crippen LogP contribution is 2.50. The normalized spacial score (nSPS) is 30.7. The van der Waals surface area contributed by atoms with Crippen molar-refractivity contribution in [1.82, 2.24) is 5.32 Å². The first kappa shape index (κ1) is 9.95. The molecule has 2 unspecified atom stereocenters. The van der Waals surface area contributed by atoms with Crippen LogP contribution in [0.25, 0.3) is 0 Å². The van der Waals surface area contributed by atoms with Gasteiger partial charge in [-0.2, -0.15) is 0 Å². The summed E-state index contributed by atoms with van der Waals surface area (Å²) in [5, 5.41) is 3.55. The molecule has 1 fully saturated rings. The van der Waals surface area contributed by atoms with Gasteiger partial charge < -0.3 is 10.2 Å². The number of benzene rings is 1. The van der Waals surface area contributed by atoms with Gasteiger partial charge in [0.1, 0.15) is 0 Å². The maximum absolute atomic E-state index is 3.55. The van der Waals surface area contributed by atoms with Crippen LogP contribution < -0.4 is 10.2 Å². The van der Waals surface area contributed by atoms with Crippen LogP contribution in [0, 0.1) is 0 Å². The number of fused-ring (bicyclic) bond motifs is 3. The highest BCUT2D eigenvalue weighted by Gasteiger charge is 2.42. The second-order valence-electron chi connectivity index (χ2n) is 5.65. The Bertz CT molecular complexity index is 441. The Balaban J connectivity index is 1.87. The molecule has 0 amide bonds. The molecule has 1 aromatic carbocycles. The van der Waals surface area contributed by atoms with Crippen molar-refractivity contribution in [3.63, 3.8) is 0 Å². The first-order chi connectivity index (χ1) is 8.45. The second kappa shape index (κ2) is 3.74. The third kappa shape index (κ3) is 1.37. The molecule has 1 aromatic rings. The van der Waals surface area contributed by atoms with Crippen LogP contribution in [-0.4, -0.2) is 25.7 Å². The quantitative estimate of drug-likeness (QED) is 0.733. The molecular weight excluding hydrogens is 208 g/mol. The fourth-order valence-corrected chi connectivity index (χ4v) is 4.13. The molecule has 0 aromatic heterocycles. The average molecular weight is 228 g/mol. The van der Waals surface area contributed by atoms with Gasteiger partial charge in [0.2, 0.25) is 0 Å². The van der Waals surface area contributed by atoms with E-state index in [0.717, 1.165) is 25.0 Å². The van der Waals surface area contributed by atoms with Crippen molar-refractivity contribution >= 4 is 5.69 Å². The molecule has 2 heteroatoms. The third-order valence-corrected chi connectivity index (χ3v) is 4.82. The van der Waals surface area contributed by atoms with Gasteiger partial charge in [0.15, 0.2) is 0 Å². The van der Waals surface area contributed by atoms with E-state index in [4.69, 9.17) is 0 Å². The minimum absolute atomic E-state index is 0.811. The van der Waals surface area contributed by atoms with Crippen molar-refractivity contribution < 1.29 is 0 Å². The fourth-order valence-electron chi connectivity index (χ4n) is 4.13. The summed E-state index contributed by atoms with van der Waals surface area (Å²) >= 11 is 0. The number of hydrogen-bond donors (Lipinski definition) is 1. The maximum Gasteiger partial charge on any atom is 0.0438 e. The van der Waals surface area contributed by atoms with Crippen molar-refractivity contribution in [3.05, 3.63) is 29.3 Å². The lowest BCUT2D eigenvalue weighted by molar-refractivity contribution is 0.561.